The molecule has 4 rings (SSSR count). The zero-order valence-electron chi connectivity index (χ0n) is 22.2. The molecule has 0 saturated heterocycles. The van der Waals surface area contributed by atoms with Gasteiger partial charge in [0.05, 0.1) is 16.3 Å². The van der Waals surface area contributed by atoms with Crippen LogP contribution in [0.15, 0.2) is 62.0 Å². The number of carbonyl (C=O) groups is 2. The zero-order valence-corrected chi connectivity index (χ0v) is 22.2. The summed E-state index contributed by atoms with van der Waals surface area (Å²) in [5.41, 5.74) is -9.71. The molecule has 0 aliphatic carbocycles. The van der Waals surface area contributed by atoms with Gasteiger partial charge in [-0.25, -0.2) is 9.68 Å². The van der Waals surface area contributed by atoms with Crippen molar-refractivity contribution in [2.75, 3.05) is 0 Å². The number of rotatable bonds is 12. The maximum atomic E-state index is 13.3. The van der Waals surface area contributed by atoms with E-state index in [4.69, 9.17) is 0 Å². The fraction of sp³-hybridized carbons (Fsp3) is 0.318. The highest BCUT2D eigenvalue weighted by Crippen LogP contribution is 2.54. The van der Waals surface area contributed by atoms with Crippen molar-refractivity contribution in [1.29, 1.82) is 0 Å². The van der Waals surface area contributed by atoms with Crippen LogP contribution in [0.25, 0.3) is 0 Å². The summed E-state index contributed by atoms with van der Waals surface area (Å²) in [6.07, 6.45) is -11.0. The number of nitro groups is 2. The van der Waals surface area contributed by atoms with Gasteiger partial charge in [-0.05, 0) is 36.3 Å². The number of halogens is 6. The number of hydrogen-bond acceptors (Lipinski definition) is 16. The van der Waals surface area contributed by atoms with Crippen molar-refractivity contribution >= 4 is 29.0 Å². The maximum Gasteiger partial charge on any atom is 0.442 e. The van der Waals surface area contributed by atoms with E-state index in [9.17, 15) is 61.4 Å². The normalized spacial score (nSPS) is 16.6. The van der Waals surface area contributed by atoms with E-state index in [1.165, 1.54) is 0 Å². The van der Waals surface area contributed by atoms with E-state index in [2.05, 4.69) is 45.2 Å². The summed E-state index contributed by atoms with van der Waals surface area (Å²) in [6.45, 7) is 0.826. The number of benzene rings is 2. The lowest BCUT2D eigenvalue weighted by molar-refractivity contribution is -0.388. The maximum absolute atomic E-state index is 13.3. The summed E-state index contributed by atoms with van der Waals surface area (Å²) in [7, 11) is 0. The molecule has 24 heteroatoms. The molecule has 1 atom stereocenters. The molecule has 0 radical (unpaired) electrons. The van der Waals surface area contributed by atoms with Crippen LogP contribution in [0.2, 0.25) is 0 Å². The number of nitro benzene ring substituents is 2. The van der Waals surface area contributed by atoms with E-state index < -0.39 is 97.5 Å². The summed E-state index contributed by atoms with van der Waals surface area (Å²) < 4.78 is 79.6. The molecule has 2 aliphatic heterocycles. The average molecular weight is 665 g/mol. The van der Waals surface area contributed by atoms with Gasteiger partial charge in [-0.3, -0.25) is 39.7 Å². The second-order valence-electron chi connectivity index (χ2n) is 9.13. The standard InChI is InChI=1S/C22H13F6N7O11/c1-9(36)12(18(37)46-44-16-5-3-11(7-14(16)35(41)42)20(32-33-20)22(26,27)28)8-17(29-38)45-43-15-4-2-10(6-13(15)34(39)40)19(30-31-19)21(23,24)25/h2-7,12,38H,8H2,1H3/b29-17-. The molecule has 0 amide bonds. The van der Waals surface area contributed by atoms with Crippen molar-refractivity contribution in [2.24, 2.45) is 31.5 Å². The highest BCUT2D eigenvalue weighted by atomic mass is 19.4. The second-order valence-corrected chi connectivity index (χ2v) is 9.13. The number of oxime groups is 1. The highest BCUT2D eigenvalue weighted by molar-refractivity contribution is 6.00. The third-order valence-corrected chi connectivity index (χ3v) is 6.21. The lowest BCUT2D eigenvalue weighted by Gasteiger charge is -2.16. The topological polar surface area (TPSA) is 239 Å². The van der Waals surface area contributed by atoms with E-state index in [-0.39, 0.29) is 0 Å². The number of alkyl halides is 6. The fourth-order valence-electron chi connectivity index (χ4n) is 3.68. The quantitative estimate of drug-likeness (QED) is 0.0457. The molecular weight excluding hydrogens is 652 g/mol. The molecule has 2 heterocycles. The van der Waals surface area contributed by atoms with Crippen LogP contribution in [-0.4, -0.2) is 45.1 Å². The molecule has 0 aromatic heterocycles. The smallest absolute Gasteiger partial charge is 0.408 e. The Bertz CT molecular complexity index is 1700. The van der Waals surface area contributed by atoms with Gasteiger partial charge in [0.1, 0.15) is 11.7 Å². The van der Waals surface area contributed by atoms with Gasteiger partial charge in [0, 0.05) is 23.3 Å². The van der Waals surface area contributed by atoms with Gasteiger partial charge in [0.25, 0.3) is 17.4 Å². The van der Waals surface area contributed by atoms with Crippen molar-refractivity contribution in [3.05, 3.63) is 67.8 Å². The predicted molar refractivity (Wildman–Crippen MR) is 128 cm³/mol. The van der Waals surface area contributed by atoms with E-state index in [1.54, 1.807) is 0 Å². The van der Waals surface area contributed by atoms with Gasteiger partial charge in [-0.15, -0.1) is 20.5 Å². The summed E-state index contributed by atoms with van der Waals surface area (Å²) in [5.74, 6) is -7.30. The Balaban J connectivity index is 1.44. The first-order valence-electron chi connectivity index (χ1n) is 11.9. The van der Waals surface area contributed by atoms with Crippen LogP contribution in [0.4, 0.5) is 37.7 Å². The summed E-state index contributed by atoms with van der Waals surface area (Å²) in [5, 5.41) is 46.4. The molecule has 0 bridgehead atoms. The molecule has 46 heavy (non-hydrogen) atoms. The Morgan fingerprint density at radius 1 is 0.848 bits per heavy atom. The molecule has 2 aliphatic rings. The molecular formula is C22H13F6N7O11. The summed E-state index contributed by atoms with van der Waals surface area (Å²) >= 11 is 0. The van der Waals surface area contributed by atoms with E-state index >= 15 is 0 Å². The van der Waals surface area contributed by atoms with E-state index in [0.29, 0.717) is 30.3 Å². The van der Waals surface area contributed by atoms with Gasteiger partial charge in [0.15, 0.2) is 0 Å². The highest BCUT2D eigenvalue weighted by Gasteiger charge is 2.66. The first-order chi connectivity index (χ1) is 21.4. The summed E-state index contributed by atoms with van der Waals surface area (Å²) in [6, 6.07) is 3.60. The number of ketones is 1. The minimum absolute atomic E-state index is 0.420. The lowest BCUT2D eigenvalue weighted by Crippen LogP contribution is -2.30. The van der Waals surface area contributed by atoms with Crippen LogP contribution in [0.3, 0.4) is 0 Å². The molecule has 1 N–H and O–H groups in total. The van der Waals surface area contributed by atoms with Crippen molar-refractivity contribution in [1.82, 2.24) is 0 Å². The molecule has 0 fully saturated rings. The molecule has 2 aromatic carbocycles. The zero-order chi connectivity index (χ0) is 34.2. The molecule has 1 unspecified atom stereocenters. The minimum atomic E-state index is -5.02. The fourth-order valence-corrected chi connectivity index (χ4v) is 3.68. The third kappa shape index (κ3) is 6.16. The Kier molecular flexibility index (Phi) is 8.24. The van der Waals surface area contributed by atoms with Gasteiger partial charge < -0.3 is 5.21 Å². The Morgan fingerprint density at radius 2 is 1.26 bits per heavy atom. The first-order valence-corrected chi connectivity index (χ1v) is 11.9. The van der Waals surface area contributed by atoms with E-state index in [1.807, 2.05) is 0 Å². The van der Waals surface area contributed by atoms with Gasteiger partial charge >= 0.3 is 41.0 Å². The number of hydrogen-bond donors (Lipinski definition) is 1. The van der Waals surface area contributed by atoms with Gasteiger partial charge in [-0.2, -0.15) is 26.3 Å². The second kappa shape index (κ2) is 11.5. The lowest BCUT2D eigenvalue weighted by atomic mass is 10.0. The largest absolute Gasteiger partial charge is 0.442 e. The SMILES string of the molecule is CC(=O)C(C/C(=N/O)OOc1ccc(C2(C(F)(F)F)N=N2)cc1[N+](=O)[O-])C(=O)OOc1ccc(C2(C(F)(F)F)N=N2)cc1[N+](=O)[O-]. The monoisotopic (exact) mass is 665 g/mol. The van der Waals surface area contributed by atoms with Crippen LogP contribution in [0.5, 0.6) is 11.5 Å². The van der Waals surface area contributed by atoms with Crippen LogP contribution in [-0.2, 0) is 30.7 Å². The summed E-state index contributed by atoms with van der Waals surface area (Å²) in [4.78, 5) is 63.5. The molecule has 0 saturated carbocycles. The first kappa shape index (κ1) is 32.9. The molecule has 2 aromatic rings. The number of Topliss-reactive ketones (excluding diaryl/α,β-unsaturated/α-hetero) is 1. The third-order valence-electron chi connectivity index (χ3n) is 6.21. The van der Waals surface area contributed by atoms with Crippen LogP contribution >= 0.6 is 0 Å². The van der Waals surface area contributed by atoms with E-state index in [0.717, 1.165) is 13.0 Å². The van der Waals surface area contributed by atoms with Crippen LogP contribution < -0.4 is 9.78 Å². The molecule has 0 spiro atoms. The van der Waals surface area contributed by atoms with Gasteiger partial charge in [-0.1, -0.05) is 0 Å². The average Bonchev–Trinajstić information content (AvgIpc) is 3.89. The van der Waals surface area contributed by atoms with Crippen LogP contribution in [0.1, 0.15) is 24.5 Å². The predicted octanol–water partition coefficient (Wildman–Crippen LogP) is 5.10. The van der Waals surface area contributed by atoms with Crippen molar-refractivity contribution in [2.45, 2.75) is 37.0 Å². The van der Waals surface area contributed by atoms with Crippen molar-refractivity contribution in [3.63, 3.8) is 0 Å². The Hall–Kier alpha value is -5.97. The minimum Gasteiger partial charge on any atom is -0.408 e. The molecule has 18 nitrogen and oxygen atoms in total. The van der Waals surface area contributed by atoms with Crippen LogP contribution in [0, 0.1) is 26.1 Å². The van der Waals surface area contributed by atoms with Gasteiger partial charge in [0.2, 0.25) is 0 Å². The number of carbonyl (C=O) groups excluding carboxylic acids is 2. The Labute approximate surface area is 248 Å². The van der Waals surface area contributed by atoms with Crippen molar-refractivity contribution in [3.8, 4) is 11.5 Å². The van der Waals surface area contributed by atoms with Crippen molar-refractivity contribution < 1.29 is 70.5 Å². The molecule has 244 valence electrons. The number of nitrogens with zero attached hydrogens (tertiary/aromatic N) is 7. The Morgan fingerprint density at radius 3 is 1.59 bits per heavy atom.